The molecule has 5 heteroatoms. The van der Waals surface area contributed by atoms with E-state index in [0.717, 1.165) is 24.4 Å². The molecule has 0 spiro atoms. The van der Waals surface area contributed by atoms with Gasteiger partial charge in [0.1, 0.15) is 0 Å². The van der Waals surface area contributed by atoms with Crippen LogP contribution in [0.1, 0.15) is 31.2 Å². The predicted octanol–water partition coefficient (Wildman–Crippen LogP) is 2.61. The van der Waals surface area contributed by atoms with Crippen molar-refractivity contribution in [3.8, 4) is 11.4 Å². The second kappa shape index (κ2) is 4.35. The molecule has 1 aliphatic heterocycles. The van der Waals surface area contributed by atoms with E-state index in [0.29, 0.717) is 5.82 Å². The van der Waals surface area contributed by atoms with E-state index in [9.17, 15) is 0 Å². The van der Waals surface area contributed by atoms with Gasteiger partial charge in [-0.2, -0.15) is 16.3 Å². The maximum absolute atomic E-state index is 5.31. The summed E-state index contributed by atoms with van der Waals surface area (Å²) in [4.78, 5) is 4.44. The Bertz CT molecular complexity index is 446. The van der Waals surface area contributed by atoms with Crippen LogP contribution in [0.4, 0.5) is 0 Å². The van der Waals surface area contributed by atoms with Gasteiger partial charge in [-0.1, -0.05) is 11.6 Å². The summed E-state index contributed by atoms with van der Waals surface area (Å²) in [6, 6.07) is 2.25. The molecule has 0 aromatic carbocycles. The first-order chi connectivity index (χ1) is 7.93. The van der Waals surface area contributed by atoms with E-state index in [1.807, 2.05) is 16.8 Å². The minimum Gasteiger partial charge on any atom is -0.337 e. The summed E-state index contributed by atoms with van der Waals surface area (Å²) in [6.07, 6.45) is 3.56. The number of nitrogens with zero attached hydrogens (tertiary/aromatic N) is 2. The number of thiophene rings is 1. The van der Waals surface area contributed by atoms with Crippen molar-refractivity contribution in [1.82, 2.24) is 15.5 Å². The van der Waals surface area contributed by atoms with Crippen LogP contribution >= 0.6 is 11.3 Å². The van der Waals surface area contributed by atoms with Crippen molar-refractivity contribution in [2.24, 2.45) is 0 Å². The topological polar surface area (TPSA) is 51.0 Å². The Labute approximate surface area is 97.7 Å². The van der Waals surface area contributed by atoms with Crippen LogP contribution in [-0.2, 0) is 0 Å². The van der Waals surface area contributed by atoms with Crippen molar-refractivity contribution >= 4 is 11.3 Å². The molecule has 1 atom stereocenters. The molecule has 0 radical (unpaired) electrons. The van der Waals surface area contributed by atoms with Gasteiger partial charge in [0.05, 0.1) is 6.04 Å². The minimum absolute atomic E-state index is 0.244. The maximum Gasteiger partial charge on any atom is 0.244 e. The summed E-state index contributed by atoms with van der Waals surface area (Å²) >= 11 is 1.64. The van der Waals surface area contributed by atoms with Gasteiger partial charge in [0.2, 0.25) is 11.7 Å². The normalized spacial score (nSPS) is 21.1. The number of hydrogen-bond acceptors (Lipinski definition) is 5. The summed E-state index contributed by atoms with van der Waals surface area (Å²) < 4.78 is 5.31. The van der Waals surface area contributed by atoms with Gasteiger partial charge in [0.15, 0.2) is 0 Å². The number of hydrogen-bond donors (Lipinski definition) is 1. The van der Waals surface area contributed by atoms with Gasteiger partial charge in [-0.15, -0.1) is 0 Å². The third-order valence-corrected chi connectivity index (χ3v) is 3.51. The van der Waals surface area contributed by atoms with Gasteiger partial charge in [-0.3, -0.25) is 0 Å². The number of rotatable bonds is 2. The van der Waals surface area contributed by atoms with Crippen LogP contribution < -0.4 is 5.32 Å². The van der Waals surface area contributed by atoms with Crippen molar-refractivity contribution in [2.75, 3.05) is 6.54 Å². The third kappa shape index (κ3) is 1.88. The Balaban J connectivity index is 1.82. The first-order valence-electron chi connectivity index (χ1n) is 5.53. The molecule has 0 saturated carbocycles. The average Bonchev–Trinajstić information content (AvgIpc) is 3.01. The molecule has 0 unspecified atom stereocenters. The fourth-order valence-electron chi connectivity index (χ4n) is 1.95. The highest BCUT2D eigenvalue weighted by Crippen LogP contribution is 2.24. The minimum atomic E-state index is 0.244. The molecule has 16 heavy (non-hydrogen) atoms. The van der Waals surface area contributed by atoms with E-state index < -0.39 is 0 Å². The van der Waals surface area contributed by atoms with Gasteiger partial charge in [-0.05, 0) is 30.8 Å². The van der Waals surface area contributed by atoms with E-state index in [1.54, 1.807) is 11.3 Å². The van der Waals surface area contributed by atoms with Crippen LogP contribution in [0.15, 0.2) is 21.3 Å². The highest BCUT2D eigenvalue weighted by Gasteiger charge is 2.21. The molecule has 1 N–H and O–H groups in total. The molecule has 2 aromatic rings. The smallest absolute Gasteiger partial charge is 0.244 e. The lowest BCUT2D eigenvalue weighted by molar-refractivity contribution is 0.297. The van der Waals surface area contributed by atoms with Crippen molar-refractivity contribution < 1.29 is 4.52 Å². The van der Waals surface area contributed by atoms with Crippen LogP contribution in [0.25, 0.3) is 11.4 Å². The highest BCUT2D eigenvalue weighted by molar-refractivity contribution is 7.08. The second-order valence-electron chi connectivity index (χ2n) is 3.97. The molecular formula is C11H13N3OS. The molecule has 4 nitrogen and oxygen atoms in total. The fraction of sp³-hybridized carbons (Fsp3) is 0.455. The van der Waals surface area contributed by atoms with Crippen molar-refractivity contribution in [3.05, 3.63) is 22.7 Å². The van der Waals surface area contributed by atoms with Gasteiger partial charge in [0.25, 0.3) is 0 Å². The van der Waals surface area contributed by atoms with Crippen LogP contribution in [0.2, 0.25) is 0 Å². The van der Waals surface area contributed by atoms with Gasteiger partial charge >= 0.3 is 0 Å². The predicted molar refractivity (Wildman–Crippen MR) is 62.2 cm³/mol. The zero-order valence-corrected chi connectivity index (χ0v) is 9.67. The van der Waals surface area contributed by atoms with Crippen LogP contribution in [0.5, 0.6) is 0 Å². The monoisotopic (exact) mass is 235 g/mol. The van der Waals surface area contributed by atoms with E-state index >= 15 is 0 Å². The average molecular weight is 235 g/mol. The molecule has 3 rings (SSSR count). The zero-order chi connectivity index (χ0) is 10.8. The first-order valence-corrected chi connectivity index (χ1v) is 6.47. The van der Waals surface area contributed by atoms with Crippen molar-refractivity contribution in [1.29, 1.82) is 0 Å². The lowest BCUT2D eigenvalue weighted by Crippen LogP contribution is -2.26. The molecule has 3 heterocycles. The Hall–Kier alpha value is -1.20. The second-order valence-corrected chi connectivity index (χ2v) is 4.75. The molecule has 2 aromatic heterocycles. The molecule has 84 valence electrons. The molecule has 1 aliphatic rings. The number of piperidine rings is 1. The lowest BCUT2D eigenvalue weighted by atomic mass is 10.1. The summed E-state index contributed by atoms with van der Waals surface area (Å²) in [5, 5.41) is 11.5. The molecule has 0 aliphatic carbocycles. The van der Waals surface area contributed by atoms with Crippen LogP contribution in [-0.4, -0.2) is 16.7 Å². The van der Waals surface area contributed by atoms with Crippen molar-refractivity contribution in [3.63, 3.8) is 0 Å². The van der Waals surface area contributed by atoms with Gasteiger partial charge in [-0.25, -0.2) is 0 Å². The van der Waals surface area contributed by atoms with E-state index in [1.165, 1.54) is 12.8 Å². The molecule has 0 amide bonds. The summed E-state index contributed by atoms with van der Waals surface area (Å²) in [6.45, 7) is 1.04. The third-order valence-electron chi connectivity index (χ3n) is 2.83. The number of nitrogens with one attached hydrogen (secondary N) is 1. The molecule has 1 saturated heterocycles. The van der Waals surface area contributed by atoms with Crippen LogP contribution in [0.3, 0.4) is 0 Å². The molecule has 0 bridgehead atoms. The van der Waals surface area contributed by atoms with Gasteiger partial charge in [0, 0.05) is 10.9 Å². The first kappa shape index (κ1) is 9.99. The van der Waals surface area contributed by atoms with Gasteiger partial charge < -0.3 is 9.84 Å². The summed E-state index contributed by atoms with van der Waals surface area (Å²) in [5.74, 6) is 1.42. The van der Waals surface area contributed by atoms with E-state index in [4.69, 9.17) is 4.52 Å². The Morgan fingerprint density at radius 3 is 3.19 bits per heavy atom. The maximum atomic E-state index is 5.31. The standard InChI is InChI=1S/C11H13N3OS/c1-2-5-12-9(3-1)11-13-10(14-15-11)8-4-6-16-7-8/h4,6-7,9,12H,1-3,5H2/t9-/m0/s1. The SMILES string of the molecule is c1cc(-c2noc([C@@H]3CCCCN3)n2)cs1. The lowest BCUT2D eigenvalue weighted by Gasteiger charge is -2.19. The fourth-order valence-corrected chi connectivity index (χ4v) is 2.58. The van der Waals surface area contributed by atoms with E-state index in [-0.39, 0.29) is 6.04 Å². The summed E-state index contributed by atoms with van der Waals surface area (Å²) in [7, 11) is 0. The molecule has 1 fully saturated rings. The highest BCUT2D eigenvalue weighted by atomic mass is 32.1. The Morgan fingerprint density at radius 2 is 2.44 bits per heavy atom. The summed E-state index contributed by atoms with van der Waals surface area (Å²) in [5.41, 5.74) is 1.04. The Morgan fingerprint density at radius 1 is 1.44 bits per heavy atom. The van der Waals surface area contributed by atoms with E-state index in [2.05, 4.69) is 15.5 Å². The van der Waals surface area contributed by atoms with Crippen molar-refractivity contribution in [2.45, 2.75) is 25.3 Å². The number of aromatic nitrogens is 2. The Kier molecular flexibility index (Phi) is 2.71. The quantitative estimate of drug-likeness (QED) is 0.869. The largest absolute Gasteiger partial charge is 0.337 e. The van der Waals surface area contributed by atoms with Crippen LogP contribution in [0, 0.1) is 0 Å². The molecular weight excluding hydrogens is 222 g/mol. The zero-order valence-electron chi connectivity index (χ0n) is 8.85.